The van der Waals surface area contributed by atoms with E-state index in [1.165, 1.54) is 15.7 Å². The van der Waals surface area contributed by atoms with Gasteiger partial charge in [0.25, 0.3) is 10.2 Å². The molecule has 1 fully saturated rings. The van der Waals surface area contributed by atoms with Gasteiger partial charge in [0, 0.05) is 26.2 Å². The topological polar surface area (TPSA) is 74.8 Å². The molecule has 0 radical (unpaired) electrons. The summed E-state index contributed by atoms with van der Waals surface area (Å²) in [5.74, 6) is -0.0225. The van der Waals surface area contributed by atoms with Crippen LogP contribution in [0.3, 0.4) is 0 Å². The smallest absolute Gasteiger partial charge is 0.229 e. The molecule has 0 N–H and O–H groups in total. The molecule has 124 valence electrons. The van der Waals surface area contributed by atoms with Gasteiger partial charge in [-0.2, -0.15) is 17.0 Å². The molecule has 0 aromatic heterocycles. The first-order valence-corrected chi connectivity index (χ1v) is 10.5. The van der Waals surface area contributed by atoms with Crippen LogP contribution in [0.1, 0.15) is 18.9 Å². The van der Waals surface area contributed by atoms with Gasteiger partial charge in [-0.25, -0.2) is 8.42 Å². The maximum absolute atomic E-state index is 12.7. The predicted octanol–water partition coefficient (Wildman–Crippen LogP) is 0.872. The van der Waals surface area contributed by atoms with Crippen molar-refractivity contribution in [3.05, 3.63) is 35.9 Å². The highest BCUT2D eigenvalue weighted by Gasteiger charge is 2.38. The van der Waals surface area contributed by atoms with Crippen molar-refractivity contribution in [2.75, 3.05) is 25.1 Å². The molecule has 1 heterocycles. The number of nitrogens with zero attached hydrogens (tertiary/aromatic N) is 2. The zero-order chi connectivity index (χ0) is 16.4. The number of sulfone groups is 1. The van der Waals surface area contributed by atoms with E-state index in [4.69, 9.17) is 0 Å². The fraction of sp³-hybridized carbons (Fsp3) is 0.571. The van der Waals surface area contributed by atoms with Gasteiger partial charge in [0.05, 0.1) is 11.5 Å². The molecule has 1 saturated heterocycles. The van der Waals surface area contributed by atoms with Crippen LogP contribution in [-0.4, -0.2) is 56.6 Å². The van der Waals surface area contributed by atoms with Gasteiger partial charge in [0.15, 0.2) is 9.84 Å². The Hall–Kier alpha value is -0.960. The molecule has 0 saturated carbocycles. The van der Waals surface area contributed by atoms with Crippen molar-refractivity contribution < 1.29 is 16.8 Å². The summed E-state index contributed by atoms with van der Waals surface area (Å²) in [5.41, 5.74) is 0.892. The van der Waals surface area contributed by atoms with Gasteiger partial charge in [0.2, 0.25) is 0 Å². The first-order valence-electron chi connectivity index (χ1n) is 7.23. The third kappa shape index (κ3) is 3.87. The highest BCUT2D eigenvalue weighted by molar-refractivity contribution is 7.91. The molecule has 1 unspecified atom stereocenters. The molecule has 1 aromatic carbocycles. The van der Waals surface area contributed by atoms with E-state index in [0.717, 1.165) is 5.56 Å². The van der Waals surface area contributed by atoms with Crippen LogP contribution in [0.2, 0.25) is 0 Å². The molecular formula is C14H22N2O4S2. The van der Waals surface area contributed by atoms with E-state index in [0.29, 0.717) is 6.42 Å². The fourth-order valence-corrected chi connectivity index (χ4v) is 6.09. The van der Waals surface area contributed by atoms with E-state index in [-0.39, 0.29) is 24.6 Å². The maximum Gasteiger partial charge on any atom is 0.282 e. The van der Waals surface area contributed by atoms with E-state index in [9.17, 15) is 16.8 Å². The Labute approximate surface area is 132 Å². The van der Waals surface area contributed by atoms with Gasteiger partial charge < -0.3 is 0 Å². The third-order valence-electron chi connectivity index (χ3n) is 3.87. The molecule has 1 atom stereocenters. The van der Waals surface area contributed by atoms with Crippen LogP contribution in [0.15, 0.2) is 30.3 Å². The van der Waals surface area contributed by atoms with Crippen LogP contribution < -0.4 is 0 Å². The minimum Gasteiger partial charge on any atom is -0.229 e. The summed E-state index contributed by atoms with van der Waals surface area (Å²) in [6.07, 6.45) is 0.370. The van der Waals surface area contributed by atoms with Crippen molar-refractivity contribution in [2.45, 2.75) is 25.9 Å². The largest absolute Gasteiger partial charge is 0.282 e. The van der Waals surface area contributed by atoms with Crippen LogP contribution in [0.4, 0.5) is 0 Å². The highest BCUT2D eigenvalue weighted by Crippen LogP contribution is 2.22. The molecule has 1 aromatic rings. The van der Waals surface area contributed by atoms with Gasteiger partial charge >= 0.3 is 0 Å². The van der Waals surface area contributed by atoms with Crippen molar-refractivity contribution in [1.82, 2.24) is 8.61 Å². The number of benzene rings is 1. The second-order valence-corrected chi connectivity index (χ2v) is 9.73. The third-order valence-corrected chi connectivity index (χ3v) is 7.68. The average Bonchev–Trinajstić information content (AvgIpc) is 2.80. The molecule has 0 aliphatic carbocycles. The molecule has 8 heteroatoms. The SMILES string of the molecule is CCN(C1CCS(=O)(=O)C1)S(=O)(=O)N(C)Cc1ccccc1. The Balaban J connectivity index is 2.16. The molecule has 6 nitrogen and oxygen atoms in total. The van der Waals surface area contributed by atoms with E-state index in [1.54, 1.807) is 6.92 Å². The van der Waals surface area contributed by atoms with Crippen LogP contribution >= 0.6 is 0 Å². The van der Waals surface area contributed by atoms with Crippen LogP contribution in [0.5, 0.6) is 0 Å². The molecule has 0 spiro atoms. The van der Waals surface area contributed by atoms with Gasteiger partial charge in [-0.05, 0) is 12.0 Å². The lowest BCUT2D eigenvalue weighted by Crippen LogP contribution is -2.47. The lowest BCUT2D eigenvalue weighted by Gasteiger charge is -2.30. The number of hydrogen-bond acceptors (Lipinski definition) is 4. The molecule has 1 aliphatic heterocycles. The van der Waals surface area contributed by atoms with Crippen molar-refractivity contribution >= 4 is 20.0 Å². The van der Waals surface area contributed by atoms with E-state index in [1.807, 2.05) is 30.3 Å². The summed E-state index contributed by atoms with van der Waals surface area (Å²) in [6.45, 7) is 2.26. The first kappa shape index (κ1) is 17.4. The monoisotopic (exact) mass is 346 g/mol. The second kappa shape index (κ2) is 6.66. The van der Waals surface area contributed by atoms with Crippen molar-refractivity contribution in [3.8, 4) is 0 Å². The Bertz CT molecular complexity index is 702. The van der Waals surface area contributed by atoms with Crippen molar-refractivity contribution in [3.63, 3.8) is 0 Å². The summed E-state index contributed by atoms with van der Waals surface area (Å²) in [5, 5.41) is 0. The predicted molar refractivity (Wildman–Crippen MR) is 86.3 cm³/mol. The zero-order valence-electron chi connectivity index (χ0n) is 12.8. The summed E-state index contributed by atoms with van der Waals surface area (Å²) in [6, 6.07) is 8.86. The van der Waals surface area contributed by atoms with Crippen LogP contribution in [-0.2, 0) is 26.6 Å². The maximum atomic E-state index is 12.7. The quantitative estimate of drug-likeness (QED) is 0.766. The molecule has 0 amide bonds. The minimum absolute atomic E-state index is 0.0616. The standard InChI is InChI=1S/C14H22N2O4S2/c1-3-16(14-9-10-21(17,18)12-14)22(19,20)15(2)11-13-7-5-4-6-8-13/h4-8,14H,3,9-12H2,1-2H3. The lowest BCUT2D eigenvalue weighted by molar-refractivity contribution is 0.317. The van der Waals surface area contributed by atoms with Crippen molar-refractivity contribution in [2.24, 2.45) is 0 Å². The summed E-state index contributed by atoms with van der Waals surface area (Å²) < 4.78 is 51.3. The Morgan fingerprint density at radius 2 is 1.86 bits per heavy atom. The first-order chi connectivity index (χ1) is 10.3. The molecule has 2 rings (SSSR count). The Morgan fingerprint density at radius 3 is 2.36 bits per heavy atom. The number of rotatable bonds is 6. The van der Waals surface area contributed by atoms with Gasteiger partial charge in [-0.1, -0.05) is 37.3 Å². The van der Waals surface area contributed by atoms with Crippen LogP contribution in [0.25, 0.3) is 0 Å². The number of hydrogen-bond donors (Lipinski definition) is 0. The van der Waals surface area contributed by atoms with E-state index in [2.05, 4.69) is 0 Å². The van der Waals surface area contributed by atoms with Crippen molar-refractivity contribution in [1.29, 1.82) is 0 Å². The summed E-state index contributed by atoms with van der Waals surface area (Å²) >= 11 is 0. The van der Waals surface area contributed by atoms with E-state index >= 15 is 0 Å². The zero-order valence-corrected chi connectivity index (χ0v) is 14.5. The molecular weight excluding hydrogens is 324 g/mol. The second-order valence-electron chi connectivity index (χ2n) is 5.51. The van der Waals surface area contributed by atoms with Gasteiger partial charge in [-0.3, -0.25) is 0 Å². The molecule has 22 heavy (non-hydrogen) atoms. The minimum atomic E-state index is -3.68. The Kier molecular flexibility index (Phi) is 5.26. The lowest BCUT2D eigenvalue weighted by atomic mass is 10.2. The fourth-order valence-electron chi connectivity index (χ4n) is 2.71. The van der Waals surface area contributed by atoms with Gasteiger partial charge in [-0.15, -0.1) is 0 Å². The highest BCUT2D eigenvalue weighted by atomic mass is 32.2. The average molecular weight is 346 g/mol. The summed E-state index contributed by atoms with van der Waals surface area (Å²) in [7, 11) is -5.28. The normalized spacial score (nSPS) is 21.5. The Morgan fingerprint density at radius 1 is 1.23 bits per heavy atom. The molecule has 0 bridgehead atoms. The molecule has 1 aliphatic rings. The van der Waals surface area contributed by atoms with E-state index < -0.39 is 26.1 Å². The van der Waals surface area contributed by atoms with Gasteiger partial charge in [0.1, 0.15) is 0 Å². The summed E-state index contributed by atoms with van der Waals surface area (Å²) in [4.78, 5) is 0. The van der Waals surface area contributed by atoms with Crippen LogP contribution in [0, 0.1) is 0 Å².